The molecule has 0 bridgehead atoms. The van der Waals surface area contributed by atoms with Crippen LogP contribution < -0.4 is 0 Å². The van der Waals surface area contributed by atoms with Gasteiger partial charge >= 0.3 is 5.78 Å². The first-order valence-corrected chi connectivity index (χ1v) is 5.94. The van der Waals surface area contributed by atoms with Crippen LogP contribution in [0.5, 0.6) is 0 Å². The van der Waals surface area contributed by atoms with E-state index in [2.05, 4.69) is 0 Å². The van der Waals surface area contributed by atoms with Gasteiger partial charge in [-0.1, -0.05) is 20.8 Å². The van der Waals surface area contributed by atoms with Crippen LogP contribution in [0.15, 0.2) is 11.8 Å². The summed E-state index contributed by atoms with van der Waals surface area (Å²) >= 11 is 0. The molecule has 0 aromatic rings. The van der Waals surface area contributed by atoms with E-state index in [0.29, 0.717) is 0 Å². The van der Waals surface area contributed by atoms with Gasteiger partial charge in [0.1, 0.15) is 5.76 Å². The molecule has 0 aromatic heterocycles. The van der Waals surface area contributed by atoms with Crippen molar-refractivity contribution >= 4 is 5.78 Å². The molecule has 0 aliphatic heterocycles. The van der Waals surface area contributed by atoms with Crippen molar-refractivity contribution in [3.05, 3.63) is 11.8 Å². The summed E-state index contributed by atoms with van der Waals surface area (Å²) in [5, 5.41) is 17.7. The van der Waals surface area contributed by atoms with Gasteiger partial charge < -0.3 is 10.2 Å². The molecular weight excluding hydrogens is 264 g/mol. The van der Waals surface area contributed by atoms with Gasteiger partial charge in [-0.2, -0.15) is 0 Å². The molecule has 3 nitrogen and oxygen atoms in total. The first-order valence-electron chi connectivity index (χ1n) is 5.94. The number of hydrogen-bond donors (Lipinski definition) is 2. The zero-order chi connectivity index (χ0) is 14.4. The summed E-state index contributed by atoms with van der Waals surface area (Å²) < 4.78 is 0. The fourth-order valence-electron chi connectivity index (χ4n) is 0.563. The molecule has 0 aromatic carbocycles. The Morgan fingerprint density at radius 1 is 1.00 bits per heavy atom. The summed E-state index contributed by atoms with van der Waals surface area (Å²) in [4.78, 5) is 9.60. The second kappa shape index (κ2) is 8.90. The number of carbonyl (C=O) groups excluding carboxylic acids is 1. The van der Waals surface area contributed by atoms with E-state index in [1.165, 1.54) is 6.08 Å². The molecule has 0 saturated heterocycles. The zero-order valence-corrected chi connectivity index (χ0v) is 14.6. The third-order valence-electron chi connectivity index (χ3n) is 1.81. The fourth-order valence-corrected chi connectivity index (χ4v) is 0.563. The molecule has 0 spiro atoms. The molecule has 18 heavy (non-hydrogen) atoms. The second-order valence-corrected chi connectivity index (χ2v) is 6.51. The third-order valence-corrected chi connectivity index (χ3v) is 1.81. The molecule has 0 amide bonds. The number of hydrogen-bond acceptors (Lipinski definition) is 2. The molecule has 0 aliphatic carbocycles. The van der Waals surface area contributed by atoms with Gasteiger partial charge in [-0.3, -0.25) is 4.79 Å². The van der Waals surface area contributed by atoms with Gasteiger partial charge in [0.2, 0.25) is 0 Å². The van der Waals surface area contributed by atoms with Crippen LogP contribution in [0.2, 0.25) is 0 Å². The molecule has 0 heterocycles. The SMILES string of the molecule is CC(C)(C)C(=[OH+])/C=C(\O)C(C)(C)C.CC(C)O.[Ti]. The minimum absolute atomic E-state index is 0. The Labute approximate surface area is 127 Å². The molecule has 0 rings (SSSR count). The number of rotatable bonds is 1. The van der Waals surface area contributed by atoms with Gasteiger partial charge in [0.25, 0.3) is 0 Å². The molecule has 106 valence electrons. The first kappa shape index (κ1) is 23.0. The normalized spacial score (nSPS) is 12.4. The van der Waals surface area contributed by atoms with Gasteiger partial charge in [0.05, 0.1) is 11.5 Å². The second-order valence-electron chi connectivity index (χ2n) is 6.51. The Morgan fingerprint density at radius 3 is 1.44 bits per heavy atom. The van der Waals surface area contributed by atoms with Crippen molar-refractivity contribution in [3.8, 4) is 0 Å². The molecule has 0 unspecified atom stereocenters. The Hall–Kier alpha value is -0.116. The van der Waals surface area contributed by atoms with Crippen molar-refractivity contribution in [1.29, 1.82) is 0 Å². The number of ketones is 1. The predicted octanol–water partition coefficient (Wildman–Crippen LogP) is 3.45. The monoisotopic (exact) mass is 293 g/mol. The van der Waals surface area contributed by atoms with Crippen LogP contribution in [0.3, 0.4) is 0 Å². The van der Waals surface area contributed by atoms with Gasteiger partial charge in [-0.05, 0) is 34.6 Å². The van der Waals surface area contributed by atoms with E-state index in [1.54, 1.807) is 13.8 Å². The average Bonchev–Trinajstić information content (AvgIpc) is 1.98. The van der Waals surface area contributed by atoms with Crippen molar-refractivity contribution in [2.75, 3.05) is 0 Å². The Kier molecular flexibility index (Phi) is 11.4. The van der Waals surface area contributed by atoms with Crippen molar-refractivity contribution in [1.82, 2.24) is 0 Å². The maximum atomic E-state index is 9.60. The maximum absolute atomic E-state index is 9.60. The summed E-state index contributed by atoms with van der Waals surface area (Å²) in [6.07, 6.45) is 1.28. The van der Waals surface area contributed by atoms with E-state index in [4.69, 9.17) is 5.11 Å². The van der Waals surface area contributed by atoms with Crippen LogP contribution in [-0.4, -0.2) is 26.9 Å². The minimum Gasteiger partial charge on any atom is -0.511 e. The van der Waals surface area contributed by atoms with Crippen LogP contribution in [-0.2, 0) is 21.7 Å². The minimum atomic E-state index is -0.306. The van der Waals surface area contributed by atoms with Crippen molar-refractivity contribution in [2.45, 2.75) is 61.5 Å². The Balaban J connectivity index is -0.000000392. The Bertz CT molecular complexity index is 265. The van der Waals surface area contributed by atoms with Crippen LogP contribution in [0.25, 0.3) is 0 Å². The van der Waals surface area contributed by atoms with Gasteiger partial charge in [-0.15, -0.1) is 0 Å². The first-order chi connectivity index (χ1) is 7.28. The third kappa shape index (κ3) is 13.9. The van der Waals surface area contributed by atoms with E-state index in [0.717, 1.165) is 0 Å². The number of allylic oxidation sites excluding steroid dienone is 2. The number of aliphatic hydroxyl groups excluding tert-OH is 2. The summed E-state index contributed by atoms with van der Waals surface area (Å²) in [5.74, 6) is 0.417. The molecule has 0 saturated carbocycles. The molecule has 4 heteroatoms. The van der Waals surface area contributed by atoms with Crippen LogP contribution in [0.4, 0.5) is 0 Å². The largest absolute Gasteiger partial charge is 0.511 e. The average molecular weight is 293 g/mol. The summed E-state index contributed by atoms with van der Waals surface area (Å²) in [6.45, 7) is 14.8. The van der Waals surface area contributed by atoms with Crippen molar-refractivity contribution < 1.29 is 36.7 Å². The van der Waals surface area contributed by atoms with Gasteiger partial charge in [-0.25, -0.2) is 0 Å². The maximum Gasteiger partial charge on any atom is 0.325 e. The van der Waals surface area contributed by atoms with Crippen LogP contribution >= 0.6 is 0 Å². The van der Waals surface area contributed by atoms with Gasteiger partial charge in [0, 0.05) is 33.2 Å². The number of aliphatic hydroxyl groups is 2. The van der Waals surface area contributed by atoms with E-state index < -0.39 is 0 Å². The van der Waals surface area contributed by atoms with Crippen molar-refractivity contribution in [3.63, 3.8) is 0 Å². The smallest absolute Gasteiger partial charge is 0.325 e. The fraction of sp³-hybridized carbons (Fsp3) is 0.786. The zero-order valence-electron chi connectivity index (χ0n) is 13.0. The van der Waals surface area contributed by atoms with Gasteiger partial charge in [0.15, 0.2) is 0 Å². The molecule has 0 aliphatic rings. The summed E-state index contributed by atoms with van der Waals surface area (Å²) in [6, 6.07) is 0. The quantitative estimate of drug-likeness (QED) is 0.336. The topological polar surface area (TPSA) is 61.9 Å². The summed E-state index contributed by atoms with van der Waals surface area (Å²) in [7, 11) is 0. The summed E-state index contributed by atoms with van der Waals surface area (Å²) in [5.41, 5.74) is -0.613. The molecule has 0 atom stereocenters. The standard InChI is InChI=1S/C11H20O2.C3H8O.Ti/c1-10(2,3)8(12)7-9(13)11(4,5)6;1-3(2)4;/h7,12H,1-6H3;3-4H,1-2H3;/p+1/b8-7-;;. The van der Waals surface area contributed by atoms with E-state index in [1.807, 2.05) is 41.5 Å². The van der Waals surface area contributed by atoms with E-state index in [9.17, 15) is 9.90 Å². The molecule has 0 fully saturated rings. The van der Waals surface area contributed by atoms with E-state index >= 15 is 0 Å². The van der Waals surface area contributed by atoms with Crippen LogP contribution in [0.1, 0.15) is 55.4 Å². The van der Waals surface area contributed by atoms with Crippen molar-refractivity contribution in [2.24, 2.45) is 10.8 Å². The molecular formula is C14H29O3Ti+. The Morgan fingerprint density at radius 2 is 1.28 bits per heavy atom. The van der Waals surface area contributed by atoms with E-state index in [-0.39, 0.29) is 50.2 Å². The predicted molar refractivity (Wildman–Crippen MR) is 73.9 cm³/mol. The van der Waals surface area contributed by atoms with Crippen LogP contribution in [0, 0.1) is 10.8 Å². The molecule has 3 N–H and O–H groups in total. The molecule has 0 radical (unpaired) electrons.